The smallest absolute Gasteiger partial charge is 0.129 e. The van der Waals surface area contributed by atoms with Gasteiger partial charge in [0, 0.05) is 15.4 Å². The van der Waals surface area contributed by atoms with E-state index in [0.717, 1.165) is 11.3 Å². The monoisotopic (exact) mass is 342 g/mol. The van der Waals surface area contributed by atoms with Gasteiger partial charge in [-0.25, -0.2) is 4.39 Å². The average molecular weight is 344 g/mol. The second-order valence-corrected chi connectivity index (χ2v) is 5.73. The Labute approximate surface area is 125 Å². The van der Waals surface area contributed by atoms with Crippen LogP contribution in [0.3, 0.4) is 0 Å². The minimum absolute atomic E-state index is 0.100. The van der Waals surface area contributed by atoms with Crippen LogP contribution < -0.4 is 4.74 Å². The third-order valence-corrected chi connectivity index (χ3v) is 3.90. The molecule has 4 heteroatoms. The van der Waals surface area contributed by atoms with Gasteiger partial charge in [0.2, 0.25) is 0 Å². The Balaban J connectivity index is 2.17. The summed E-state index contributed by atoms with van der Waals surface area (Å²) in [6, 6.07) is 12.5. The second-order valence-electron chi connectivity index (χ2n) is 4.19. The molecular formula is C15H13BrClFO. The molecule has 2 rings (SSSR count). The minimum atomic E-state index is -0.294. The molecule has 2 aromatic rings. The Morgan fingerprint density at radius 2 is 2.05 bits per heavy atom. The van der Waals surface area contributed by atoms with E-state index >= 15 is 0 Å². The Morgan fingerprint density at radius 3 is 2.74 bits per heavy atom. The van der Waals surface area contributed by atoms with E-state index in [2.05, 4.69) is 15.9 Å². The number of benzene rings is 2. The SMILES string of the molecule is COc1cccc(CC(Br)c2ccc(Cl)cc2F)c1. The topological polar surface area (TPSA) is 9.23 Å². The van der Waals surface area contributed by atoms with E-state index in [1.54, 1.807) is 19.2 Å². The Hall–Kier alpha value is -1.06. The maximum absolute atomic E-state index is 13.8. The van der Waals surface area contributed by atoms with Crippen molar-refractivity contribution in [3.05, 3.63) is 64.4 Å². The third-order valence-electron chi connectivity index (χ3n) is 2.85. The van der Waals surface area contributed by atoms with Gasteiger partial charge >= 0.3 is 0 Å². The van der Waals surface area contributed by atoms with Gasteiger partial charge in [-0.2, -0.15) is 0 Å². The fourth-order valence-corrected chi connectivity index (χ4v) is 2.78. The molecule has 0 aliphatic rings. The largest absolute Gasteiger partial charge is 0.497 e. The van der Waals surface area contributed by atoms with Crippen molar-refractivity contribution in [2.45, 2.75) is 11.2 Å². The molecule has 0 fully saturated rings. The van der Waals surface area contributed by atoms with Crippen molar-refractivity contribution in [3.63, 3.8) is 0 Å². The van der Waals surface area contributed by atoms with Crippen LogP contribution in [-0.4, -0.2) is 7.11 Å². The molecule has 0 radical (unpaired) electrons. The molecule has 19 heavy (non-hydrogen) atoms. The number of rotatable bonds is 4. The van der Waals surface area contributed by atoms with E-state index in [-0.39, 0.29) is 10.6 Å². The molecule has 0 saturated heterocycles. The van der Waals surface area contributed by atoms with Crippen molar-refractivity contribution in [2.24, 2.45) is 0 Å². The van der Waals surface area contributed by atoms with Crippen LogP contribution in [0.25, 0.3) is 0 Å². The van der Waals surface area contributed by atoms with E-state index in [4.69, 9.17) is 16.3 Å². The van der Waals surface area contributed by atoms with Gasteiger partial charge < -0.3 is 4.74 Å². The van der Waals surface area contributed by atoms with Crippen LogP contribution in [-0.2, 0) is 6.42 Å². The first kappa shape index (κ1) is 14.4. The highest BCUT2D eigenvalue weighted by Crippen LogP contribution is 2.31. The van der Waals surface area contributed by atoms with Crippen LogP contribution in [0.2, 0.25) is 5.02 Å². The van der Waals surface area contributed by atoms with E-state index in [9.17, 15) is 4.39 Å². The van der Waals surface area contributed by atoms with Crippen LogP contribution in [0.4, 0.5) is 4.39 Å². The molecular weight excluding hydrogens is 331 g/mol. The van der Waals surface area contributed by atoms with Crippen molar-refractivity contribution in [2.75, 3.05) is 7.11 Å². The molecule has 0 saturated carbocycles. The van der Waals surface area contributed by atoms with Gasteiger partial charge in [-0.1, -0.05) is 45.7 Å². The normalized spacial score (nSPS) is 12.2. The summed E-state index contributed by atoms with van der Waals surface area (Å²) in [7, 11) is 1.63. The summed E-state index contributed by atoms with van der Waals surface area (Å²) < 4.78 is 19.0. The van der Waals surface area contributed by atoms with Crippen LogP contribution in [0.1, 0.15) is 16.0 Å². The zero-order valence-electron chi connectivity index (χ0n) is 10.4. The number of alkyl halides is 1. The zero-order valence-corrected chi connectivity index (χ0v) is 12.7. The van der Waals surface area contributed by atoms with Crippen molar-refractivity contribution in [1.82, 2.24) is 0 Å². The molecule has 0 N–H and O–H groups in total. The average Bonchev–Trinajstić information content (AvgIpc) is 2.38. The summed E-state index contributed by atoms with van der Waals surface area (Å²) in [5.74, 6) is 0.506. The quantitative estimate of drug-likeness (QED) is 0.696. The third kappa shape index (κ3) is 3.71. The van der Waals surface area contributed by atoms with Gasteiger partial charge in [-0.05, 0) is 36.2 Å². The lowest BCUT2D eigenvalue weighted by molar-refractivity contribution is 0.414. The zero-order chi connectivity index (χ0) is 13.8. The Kier molecular flexibility index (Phi) is 4.83. The van der Waals surface area contributed by atoms with Crippen LogP contribution >= 0.6 is 27.5 Å². The summed E-state index contributed by atoms with van der Waals surface area (Å²) in [5.41, 5.74) is 1.68. The van der Waals surface area contributed by atoms with Crippen LogP contribution in [0.5, 0.6) is 5.75 Å². The van der Waals surface area contributed by atoms with E-state index < -0.39 is 0 Å². The van der Waals surface area contributed by atoms with Gasteiger partial charge in [0.15, 0.2) is 0 Å². The number of ether oxygens (including phenoxy) is 1. The standard InChI is InChI=1S/C15H13BrClFO/c1-19-12-4-2-3-10(7-12)8-14(16)13-6-5-11(17)9-15(13)18/h2-7,9,14H,8H2,1H3. The van der Waals surface area contributed by atoms with E-state index in [1.807, 2.05) is 24.3 Å². The van der Waals surface area contributed by atoms with Crippen LogP contribution in [0.15, 0.2) is 42.5 Å². The lowest BCUT2D eigenvalue weighted by Gasteiger charge is -2.12. The Morgan fingerprint density at radius 1 is 1.26 bits per heavy atom. The first-order chi connectivity index (χ1) is 9.10. The first-order valence-electron chi connectivity index (χ1n) is 5.82. The highest BCUT2D eigenvalue weighted by molar-refractivity contribution is 9.09. The summed E-state index contributed by atoms with van der Waals surface area (Å²) in [4.78, 5) is -0.100. The molecule has 0 heterocycles. The van der Waals surface area contributed by atoms with E-state index in [1.165, 1.54) is 6.07 Å². The lowest BCUT2D eigenvalue weighted by atomic mass is 10.0. The number of methoxy groups -OCH3 is 1. The second kappa shape index (κ2) is 6.40. The number of hydrogen-bond acceptors (Lipinski definition) is 1. The summed E-state index contributed by atoms with van der Waals surface area (Å²) in [6.07, 6.45) is 0.676. The molecule has 0 aliphatic carbocycles. The van der Waals surface area contributed by atoms with Gasteiger partial charge in [-0.3, -0.25) is 0 Å². The maximum Gasteiger partial charge on any atom is 0.129 e. The summed E-state index contributed by atoms with van der Waals surface area (Å²) in [5, 5.41) is 0.405. The number of hydrogen-bond donors (Lipinski definition) is 0. The van der Waals surface area contributed by atoms with Crippen molar-refractivity contribution < 1.29 is 9.13 Å². The van der Waals surface area contributed by atoms with Gasteiger partial charge in [0.1, 0.15) is 11.6 Å². The predicted molar refractivity (Wildman–Crippen MR) is 79.8 cm³/mol. The van der Waals surface area contributed by atoms with Crippen molar-refractivity contribution in [1.29, 1.82) is 0 Å². The van der Waals surface area contributed by atoms with Gasteiger partial charge in [-0.15, -0.1) is 0 Å². The highest BCUT2D eigenvalue weighted by atomic mass is 79.9. The van der Waals surface area contributed by atoms with E-state index in [0.29, 0.717) is 17.0 Å². The first-order valence-corrected chi connectivity index (χ1v) is 7.11. The Bertz CT molecular complexity index is 574. The van der Waals surface area contributed by atoms with Crippen molar-refractivity contribution in [3.8, 4) is 5.75 Å². The molecule has 0 spiro atoms. The summed E-state index contributed by atoms with van der Waals surface area (Å²) >= 11 is 9.27. The van der Waals surface area contributed by atoms with Crippen molar-refractivity contribution >= 4 is 27.5 Å². The minimum Gasteiger partial charge on any atom is -0.497 e. The fraction of sp³-hybridized carbons (Fsp3) is 0.200. The molecule has 1 atom stereocenters. The molecule has 0 aromatic heterocycles. The molecule has 100 valence electrons. The number of halogens is 3. The lowest BCUT2D eigenvalue weighted by Crippen LogP contribution is -1.99. The highest BCUT2D eigenvalue weighted by Gasteiger charge is 2.14. The van der Waals surface area contributed by atoms with Gasteiger partial charge in [0.05, 0.1) is 7.11 Å². The molecule has 2 aromatic carbocycles. The molecule has 0 amide bonds. The predicted octanol–water partition coefficient (Wildman–Crippen LogP) is 5.17. The van der Waals surface area contributed by atoms with Crippen LogP contribution in [0, 0.1) is 5.82 Å². The fourth-order valence-electron chi connectivity index (χ4n) is 1.87. The molecule has 1 unspecified atom stereocenters. The summed E-state index contributed by atoms with van der Waals surface area (Å²) in [6.45, 7) is 0. The van der Waals surface area contributed by atoms with Gasteiger partial charge in [0.25, 0.3) is 0 Å². The molecule has 0 aliphatic heterocycles. The molecule has 1 nitrogen and oxygen atoms in total. The molecule has 0 bridgehead atoms. The maximum atomic E-state index is 13.8.